The van der Waals surface area contributed by atoms with Gasteiger partial charge in [0.1, 0.15) is 6.61 Å². The summed E-state index contributed by atoms with van der Waals surface area (Å²) in [5.41, 5.74) is 0. The Balaban J connectivity index is 2.51. The molecule has 1 aliphatic heterocycles. The van der Waals surface area contributed by atoms with Crippen molar-refractivity contribution in [3.05, 3.63) is 0 Å². The molecule has 1 atom stereocenters. The molecule has 4 nitrogen and oxygen atoms in total. The van der Waals surface area contributed by atoms with Gasteiger partial charge in [-0.05, 0) is 6.42 Å². The first-order chi connectivity index (χ1) is 5.79. The standard InChI is InChI=1S/C8H15NO3/c1-2-7(5-10)9-3-4-12-6-8(9)11/h7,10H,2-6H2,1H3/t7-/m0/s1. The van der Waals surface area contributed by atoms with Crippen LogP contribution < -0.4 is 0 Å². The summed E-state index contributed by atoms with van der Waals surface area (Å²) < 4.78 is 4.98. The van der Waals surface area contributed by atoms with Crippen LogP contribution >= 0.6 is 0 Å². The van der Waals surface area contributed by atoms with Crippen molar-refractivity contribution in [2.45, 2.75) is 19.4 Å². The van der Waals surface area contributed by atoms with Crippen molar-refractivity contribution in [3.8, 4) is 0 Å². The van der Waals surface area contributed by atoms with Gasteiger partial charge in [-0.25, -0.2) is 0 Å². The van der Waals surface area contributed by atoms with E-state index in [0.717, 1.165) is 6.42 Å². The van der Waals surface area contributed by atoms with Gasteiger partial charge in [0.15, 0.2) is 0 Å². The largest absolute Gasteiger partial charge is 0.394 e. The smallest absolute Gasteiger partial charge is 0.248 e. The van der Waals surface area contributed by atoms with Crippen molar-refractivity contribution in [1.29, 1.82) is 0 Å². The molecule has 0 aromatic carbocycles. The van der Waals surface area contributed by atoms with Crippen LogP contribution in [0.3, 0.4) is 0 Å². The minimum atomic E-state index is -0.0265. The van der Waals surface area contributed by atoms with E-state index < -0.39 is 0 Å². The maximum absolute atomic E-state index is 11.2. The third-order valence-corrected chi connectivity index (χ3v) is 2.15. The van der Waals surface area contributed by atoms with E-state index in [4.69, 9.17) is 9.84 Å². The second kappa shape index (κ2) is 4.42. The average Bonchev–Trinajstić information content (AvgIpc) is 2.10. The van der Waals surface area contributed by atoms with E-state index in [1.54, 1.807) is 4.90 Å². The monoisotopic (exact) mass is 173 g/mol. The summed E-state index contributed by atoms with van der Waals surface area (Å²) in [5.74, 6) is -0.0119. The number of aliphatic hydroxyl groups excluding tert-OH is 1. The highest BCUT2D eigenvalue weighted by atomic mass is 16.5. The number of nitrogens with zero attached hydrogens (tertiary/aromatic N) is 1. The molecule has 1 amide bonds. The quantitative estimate of drug-likeness (QED) is 0.632. The van der Waals surface area contributed by atoms with Gasteiger partial charge >= 0.3 is 0 Å². The number of hydrogen-bond donors (Lipinski definition) is 1. The van der Waals surface area contributed by atoms with Crippen LogP contribution in [0.5, 0.6) is 0 Å². The van der Waals surface area contributed by atoms with Gasteiger partial charge in [-0.3, -0.25) is 4.79 Å². The first-order valence-corrected chi connectivity index (χ1v) is 4.27. The zero-order valence-corrected chi connectivity index (χ0v) is 7.32. The van der Waals surface area contributed by atoms with Gasteiger partial charge in [0.25, 0.3) is 0 Å². The number of ether oxygens (including phenoxy) is 1. The summed E-state index contributed by atoms with van der Waals surface area (Å²) in [4.78, 5) is 12.9. The first-order valence-electron chi connectivity index (χ1n) is 4.27. The van der Waals surface area contributed by atoms with Crippen molar-refractivity contribution < 1.29 is 14.6 Å². The number of hydrogen-bond acceptors (Lipinski definition) is 3. The number of carbonyl (C=O) groups excluding carboxylic acids is 1. The number of carbonyl (C=O) groups is 1. The van der Waals surface area contributed by atoms with Crippen LogP contribution in [-0.2, 0) is 9.53 Å². The fraction of sp³-hybridized carbons (Fsp3) is 0.875. The predicted molar refractivity (Wildman–Crippen MR) is 43.7 cm³/mol. The zero-order valence-electron chi connectivity index (χ0n) is 7.32. The van der Waals surface area contributed by atoms with E-state index in [1.165, 1.54) is 0 Å². The van der Waals surface area contributed by atoms with E-state index in [1.807, 2.05) is 6.92 Å². The first kappa shape index (κ1) is 9.48. The molecular weight excluding hydrogens is 158 g/mol. The Morgan fingerprint density at radius 1 is 1.75 bits per heavy atom. The summed E-state index contributed by atoms with van der Waals surface area (Å²) in [5, 5.41) is 8.96. The van der Waals surface area contributed by atoms with Crippen LogP contribution in [0.15, 0.2) is 0 Å². The molecule has 0 unspecified atom stereocenters. The van der Waals surface area contributed by atoms with Crippen LogP contribution in [0.1, 0.15) is 13.3 Å². The SMILES string of the molecule is CC[C@@H](CO)N1CCOCC1=O. The maximum atomic E-state index is 11.2. The average molecular weight is 173 g/mol. The highest BCUT2D eigenvalue weighted by molar-refractivity contribution is 5.78. The van der Waals surface area contributed by atoms with E-state index in [2.05, 4.69) is 0 Å². The van der Waals surface area contributed by atoms with Crippen LogP contribution in [0.25, 0.3) is 0 Å². The van der Waals surface area contributed by atoms with Crippen LogP contribution in [0.2, 0.25) is 0 Å². The lowest BCUT2D eigenvalue weighted by Crippen LogP contribution is -2.48. The van der Waals surface area contributed by atoms with Crippen LogP contribution in [0.4, 0.5) is 0 Å². The number of amides is 1. The normalized spacial score (nSPS) is 21.2. The Labute approximate surface area is 72.1 Å². The minimum absolute atomic E-state index is 0.0119. The van der Waals surface area contributed by atoms with Crippen molar-refractivity contribution in [1.82, 2.24) is 4.90 Å². The van der Waals surface area contributed by atoms with E-state index >= 15 is 0 Å². The molecule has 1 N–H and O–H groups in total. The molecule has 1 heterocycles. The predicted octanol–water partition coefficient (Wildman–Crippen LogP) is -0.384. The molecule has 1 saturated heterocycles. The van der Waals surface area contributed by atoms with Gasteiger partial charge in [0, 0.05) is 6.54 Å². The summed E-state index contributed by atoms with van der Waals surface area (Å²) in [6, 6.07) is -0.0265. The minimum Gasteiger partial charge on any atom is -0.394 e. The molecule has 70 valence electrons. The molecular formula is C8H15NO3. The highest BCUT2D eigenvalue weighted by Gasteiger charge is 2.24. The Morgan fingerprint density at radius 2 is 2.50 bits per heavy atom. The molecule has 1 rings (SSSR count). The second-order valence-corrected chi connectivity index (χ2v) is 2.88. The fourth-order valence-corrected chi connectivity index (χ4v) is 1.36. The topological polar surface area (TPSA) is 49.8 Å². The molecule has 0 bridgehead atoms. The lowest BCUT2D eigenvalue weighted by molar-refractivity contribution is -0.146. The lowest BCUT2D eigenvalue weighted by atomic mass is 10.2. The fourth-order valence-electron chi connectivity index (χ4n) is 1.36. The highest BCUT2D eigenvalue weighted by Crippen LogP contribution is 2.07. The Morgan fingerprint density at radius 3 is 3.00 bits per heavy atom. The Bertz CT molecular complexity index is 156. The molecule has 1 fully saturated rings. The van der Waals surface area contributed by atoms with E-state index in [-0.39, 0.29) is 25.2 Å². The molecule has 0 saturated carbocycles. The van der Waals surface area contributed by atoms with Crippen LogP contribution in [0, 0.1) is 0 Å². The van der Waals surface area contributed by atoms with Gasteiger partial charge in [0.05, 0.1) is 19.3 Å². The Hall–Kier alpha value is -0.610. The maximum Gasteiger partial charge on any atom is 0.248 e. The Kier molecular flexibility index (Phi) is 3.49. The third-order valence-electron chi connectivity index (χ3n) is 2.15. The van der Waals surface area contributed by atoms with Gasteiger partial charge in [-0.15, -0.1) is 0 Å². The summed E-state index contributed by atoms with van der Waals surface area (Å²) in [6.45, 7) is 3.36. The molecule has 0 radical (unpaired) electrons. The molecule has 0 spiro atoms. The van der Waals surface area contributed by atoms with Crippen molar-refractivity contribution in [3.63, 3.8) is 0 Å². The lowest BCUT2D eigenvalue weighted by Gasteiger charge is -2.32. The van der Waals surface area contributed by atoms with Crippen molar-refractivity contribution in [2.75, 3.05) is 26.4 Å². The second-order valence-electron chi connectivity index (χ2n) is 2.88. The van der Waals surface area contributed by atoms with Gasteiger partial charge in [-0.2, -0.15) is 0 Å². The number of rotatable bonds is 3. The third kappa shape index (κ3) is 1.95. The van der Waals surface area contributed by atoms with Crippen molar-refractivity contribution in [2.24, 2.45) is 0 Å². The molecule has 1 aliphatic rings. The summed E-state index contributed by atoms with van der Waals surface area (Å²) >= 11 is 0. The summed E-state index contributed by atoms with van der Waals surface area (Å²) in [6.07, 6.45) is 0.794. The molecule has 4 heteroatoms. The van der Waals surface area contributed by atoms with Gasteiger partial charge < -0.3 is 14.7 Å². The number of aliphatic hydroxyl groups is 1. The molecule has 0 aromatic heterocycles. The number of morpholine rings is 1. The van der Waals surface area contributed by atoms with E-state index in [9.17, 15) is 4.79 Å². The zero-order chi connectivity index (χ0) is 8.97. The molecule has 0 aliphatic carbocycles. The van der Waals surface area contributed by atoms with Gasteiger partial charge in [-0.1, -0.05) is 6.92 Å². The van der Waals surface area contributed by atoms with E-state index in [0.29, 0.717) is 13.2 Å². The molecule has 12 heavy (non-hydrogen) atoms. The van der Waals surface area contributed by atoms with Gasteiger partial charge in [0.2, 0.25) is 5.91 Å². The van der Waals surface area contributed by atoms with Crippen molar-refractivity contribution >= 4 is 5.91 Å². The molecule has 0 aromatic rings. The summed E-state index contributed by atoms with van der Waals surface area (Å²) in [7, 11) is 0. The van der Waals surface area contributed by atoms with Crippen LogP contribution in [-0.4, -0.2) is 48.3 Å².